The van der Waals surface area contributed by atoms with Crippen LogP contribution in [0.5, 0.6) is 0 Å². The van der Waals surface area contributed by atoms with Crippen molar-refractivity contribution in [2.24, 2.45) is 0 Å². The van der Waals surface area contributed by atoms with Crippen LogP contribution >= 0.6 is 0 Å². The predicted molar refractivity (Wildman–Crippen MR) is 104 cm³/mol. The largest absolute Gasteiger partial charge is 0.376 e. The Morgan fingerprint density at radius 2 is 2.04 bits per heavy atom. The van der Waals surface area contributed by atoms with Gasteiger partial charge in [0.2, 0.25) is 5.95 Å². The molecule has 0 radical (unpaired) electrons. The third-order valence-electron chi connectivity index (χ3n) is 4.30. The van der Waals surface area contributed by atoms with Crippen molar-refractivity contribution in [3.05, 3.63) is 30.6 Å². The summed E-state index contributed by atoms with van der Waals surface area (Å²) >= 11 is 0. The number of aromatic nitrogens is 3. The maximum absolute atomic E-state index is 5.69. The summed E-state index contributed by atoms with van der Waals surface area (Å²) in [5, 5.41) is 6.75. The number of ether oxygens (including phenoxy) is 1. The fraction of sp³-hybridized carbons (Fsp3) is 0.526. The molecule has 0 amide bonds. The van der Waals surface area contributed by atoms with Crippen molar-refractivity contribution in [3.8, 4) is 11.3 Å². The Labute approximate surface area is 155 Å². The van der Waals surface area contributed by atoms with Crippen molar-refractivity contribution in [2.45, 2.75) is 25.4 Å². The van der Waals surface area contributed by atoms with Gasteiger partial charge in [-0.3, -0.25) is 4.98 Å². The van der Waals surface area contributed by atoms with Crippen LogP contribution in [0.25, 0.3) is 11.3 Å². The van der Waals surface area contributed by atoms with Crippen LogP contribution in [0.15, 0.2) is 30.6 Å². The van der Waals surface area contributed by atoms with E-state index in [1.54, 1.807) is 12.4 Å². The van der Waals surface area contributed by atoms with E-state index < -0.39 is 0 Å². The van der Waals surface area contributed by atoms with Crippen molar-refractivity contribution in [1.29, 1.82) is 0 Å². The smallest absolute Gasteiger partial charge is 0.225 e. The molecule has 3 heterocycles. The molecule has 2 aromatic rings. The van der Waals surface area contributed by atoms with Crippen LogP contribution in [-0.2, 0) is 4.74 Å². The van der Waals surface area contributed by atoms with E-state index >= 15 is 0 Å². The van der Waals surface area contributed by atoms with Crippen molar-refractivity contribution in [2.75, 3.05) is 51.0 Å². The molecule has 3 rings (SSSR count). The molecule has 0 aromatic carbocycles. The highest BCUT2D eigenvalue weighted by Gasteiger charge is 2.15. The lowest BCUT2D eigenvalue weighted by molar-refractivity contribution is 0.120. The van der Waals surface area contributed by atoms with Crippen LogP contribution in [0.4, 0.5) is 11.8 Å². The molecule has 0 saturated carbocycles. The van der Waals surface area contributed by atoms with Gasteiger partial charge in [0, 0.05) is 43.7 Å². The van der Waals surface area contributed by atoms with Crippen LogP contribution in [0.1, 0.15) is 19.3 Å². The minimum absolute atomic E-state index is 0.269. The minimum Gasteiger partial charge on any atom is -0.376 e. The normalized spacial score (nSPS) is 16.8. The molecule has 26 heavy (non-hydrogen) atoms. The molecule has 0 spiro atoms. The second kappa shape index (κ2) is 9.45. The van der Waals surface area contributed by atoms with E-state index in [2.05, 4.69) is 44.6 Å². The summed E-state index contributed by atoms with van der Waals surface area (Å²) in [6.07, 6.45) is 7.10. The first kappa shape index (κ1) is 18.5. The summed E-state index contributed by atoms with van der Waals surface area (Å²) in [7, 11) is 4.15. The van der Waals surface area contributed by atoms with Crippen molar-refractivity contribution >= 4 is 11.8 Å². The van der Waals surface area contributed by atoms with Crippen molar-refractivity contribution in [1.82, 2.24) is 19.9 Å². The van der Waals surface area contributed by atoms with E-state index in [4.69, 9.17) is 4.74 Å². The zero-order chi connectivity index (χ0) is 18.2. The summed E-state index contributed by atoms with van der Waals surface area (Å²) in [6.45, 7) is 3.49. The first-order valence-corrected chi connectivity index (χ1v) is 9.24. The SMILES string of the molecule is CN(C)CCCNc1nc(NC[C@H]2CCCO2)cc(-c2ccncc2)n1. The highest BCUT2D eigenvalue weighted by molar-refractivity contribution is 5.63. The molecule has 1 fully saturated rings. The van der Waals surface area contributed by atoms with Crippen molar-refractivity contribution < 1.29 is 4.74 Å². The van der Waals surface area contributed by atoms with Crippen LogP contribution in [0, 0.1) is 0 Å². The molecule has 140 valence electrons. The van der Waals surface area contributed by atoms with Crippen LogP contribution in [0.3, 0.4) is 0 Å². The Hall–Kier alpha value is -2.25. The number of hydrogen-bond acceptors (Lipinski definition) is 7. The molecule has 7 heteroatoms. The molecule has 1 aliphatic heterocycles. The standard InChI is InChI=1S/C19H28N6O/c1-25(2)11-4-8-21-19-23-17(15-6-9-20-10-7-15)13-18(24-19)22-14-16-5-3-12-26-16/h6-7,9-10,13,16H,3-5,8,11-12,14H2,1-2H3,(H2,21,22,23,24)/t16-/m1/s1. The summed E-state index contributed by atoms with van der Waals surface area (Å²) in [4.78, 5) is 15.5. The highest BCUT2D eigenvalue weighted by atomic mass is 16.5. The summed E-state index contributed by atoms with van der Waals surface area (Å²) < 4.78 is 5.69. The second-order valence-electron chi connectivity index (χ2n) is 6.80. The molecular formula is C19H28N6O. The number of nitrogens with one attached hydrogen (secondary N) is 2. The number of nitrogens with zero attached hydrogens (tertiary/aromatic N) is 4. The fourth-order valence-electron chi connectivity index (χ4n) is 2.91. The predicted octanol–water partition coefficient (Wildman–Crippen LogP) is 2.49. The molecule has 1 atom stereocenters. The van der Waals surface area contributed by atoms with Crippen LogP contribution < -0.4 is 10.6 Å². The molecule has 2 aromatic heterocycles. The molecule has 1 aliphatic rings. The van der Waals surface area contributed by atoms with E-state index in [0.29, 0.717) is 5.95 Å². The summed E-state index contributed by atoms with van der Waals surface area (Å²) in [5.41, 5.74) is 1.91. The van der Waals surface area contributed by atoms with E-state index in [1.165, 1.54) is 0 Å². The Balaban J connectivity index is 1.70. The molecular weight excluding hydrogens is 328 g/mol. The zero-order valence-electron chi connectivity index (χ0n) is 15.6. The Morgan fingerprint density at radius 3 is 2.77 bits per heavy atom. The molecule has 1 saturated heterocycles. The van der Waals surface area contributed by atoms with Gasteiger partial charge in [-0.25, -0.2) is 4.98 Å². The van der Waals surface area contributed by atoms with Gasteiger partial charge in [-0.15, -0.1) is 0 Å². The lowest BCUT2D eigenvalue weighted by atomic mass is 10.2. The van der Waals surface area contributed by atoms with E-state index in [0.717, 1.165) is 62.6 Å². The average molecular weight is 356 g/mol. The zero-order valence-corrected chi connectivity index (χ0v) is 15.6. The van der Waals surface area contributed by atoms with Gasteiger partial charge in [0.15, 0.2) is 0 Å². The van der Waals surface area contributed by atoms with Crippen LogP contribution in [-0.4, -0.2) is 66.3 Å². The lowest BCUT2D eigenvalue weighted by Crippen LogP contribution is -2.20. The fourth-order valence-corrected chi connectivity index (χ4v) is 2.91. The maximum atomic E-state index is 5.69. The van der Waals surface area contributed by atoms with Gasteiger partial charge in [0.1, 0.15) is 5.82 Å². The van der Waals surface area contributed by atoms with E-state index in [9.17, 15) is 0 Å². The Morgan fingerprint density at radius 1 is 1.19 bits per heavy atom. The van der Waals surface area contributed by atoms with Crippen molar-refractivity contribution in [3.63, 3.8) is 0 Å². The molecule has 0 bridgehead atoms. The van der Waals surface area contributed by atoms with Gasteiger partial charge in [0.05, 0.1) is 11.8 Å². The third-order valence-corrected chi connectivity index (χ3v) is 4.30. The molecule has 7 nitrogen and oxygen atoms in total. The van der Waals surface area contributed by atoms with Gasteiger partial charge in [0.25, 0.3) is 0 Å². The van der Waals surface area contributed by atoms with Gasteiger partial charge in [-0.2, -0.15) is 4.98 Å². The van der Waals surface area contributed by atoms with Gasteiger partial charge < -0.3 is 20.3 Å². The minimum atomic E-state index is 0.269. The quantitative estimate of drug-likeness (QED) is 0.669. The number of anilines is 2. The maximum Gasteiger partial charge on any atom is 0.225 e. The molecule has 2 N–H and O–H groups in total. The Kier molecular flexibility index (Phi) is 6.74. The van der Waals surface area contributed by atoms with E-state index in [-0.39, 0.29) is 6.10 Å². The number of hydrogen-bond donors (Lipinski definition) is 2. The lowest BCUT2D eigenvalue weighted by Gasteiger charge is -2.14. The molecule has 0 unspecified atom stereocenters. The summed E-state index contributed by atoms with van der Waals surface area (Å²) in [5.74, 6) is 1.46. The first-order valence-electron chi connectivity index (χ1n) is 9.24. The third kappa shape index (κ3) is 5.64. The topological polar surface area (TPSA) is 75.2 Å². The number of rotatable bonds is 9. The van der Waals surface area contributed by atoms with Gasteiger partial charge >= 0.3 is 0 Å². The summed E-state index contributed by atoms with van der Waals surface area (Å²) in [6, 6.07) is 5.90. The second-order valence-corrected chi connectivity index (χ2v) is 6.80. The molecule has 0 aliphatic carbocycles. The highest BCUT2D eigenvalue weighted by Crippen LogP contribution is 2.21. The van der Waals surface area contributed by atoms with Crippen LogP contribution in [0.2, 0.25) is 0 Å². The number of pyridine rings is 1. The average Bonchev–Trinajstić information content (AvgIpc) is 3.18. The van der Waals surface area contributed by atoms with Gasteiger partial charge in [-0.05, 0) is 52.0 Å². The monoisotopic (exact) mass is 356 g/mol. The first-order chi connectivity index (χ1) is 12.7. The Bertz CT molecular complexity index is 673. The van der Waals surface area contributed by atoms with E-state index in [1.807, 2.05) is 18.2 Å². The van der Waals surface area contributed by atoms with Gasteiger partial charge in [-0.1, -0.05) is 0 Å².